The molecule has 7 nitrogen and oxygen atoms in total. The van der Waals surface area contributed by atoms with Gasteiger partial charge in [0.05, 0.1) is 18.0 Å². The molecule has 0 aliphatic rings. The summed E-state index contributed by atoms with van der Waals surface area (Å²) in [4.78, 5) is 12.9. The number of hydrogen-bond acceptors (Lipinski definition) is 5. The van der Waals surface area contributed by atoms with Gasteiger partial charge in [-0.2, -0.15) is 0 Å². The molecular weight excluding hydrogens is 350 g/mol. The van der Waals surface area contributed by atoms with Gasteiger partial charge >= 0.3 is 5.97 Å². The number of hydrogen-bond donors (Lipinski definition) is 1. The molecule has 132 valence electrons. The van der Waals surface area contributed by atoms with Crippen molar-refractivity contribution in [2.45, 2.75) is 18.4 Å². The third-order valence-electron chi connectivity index (χ3n) is 3.89. The van der Waals surface area contributed by atoms with Crippen molar-refractivity contribution < 1.29 is 14.1 Å². The number of nitrogens with one attached hydrogen (secondary N) is 1. The molecule has 26 heavy (non-hydrogen) atoms. The van der Waals surface area contributed by atoms with Gasteiger partial charge in [-0.15, -0.1) is 11.8 Å². The molecule has 0 aliphatic heterocycles. The monoisotopic (exact) mass is 367 g/mol. The quantitative estimate of drug-likeness (QED) is 0.311. The second kappa shape index (κ2) is 7.51. The van der Waals surface area contributed by atoms with Crippen LogP contribution in [0.15, 0.2) is 41.6 Å². The van der Waals surface area contributed by atoms with E-state index < -0.39 is 5.97 Å². The fraction of sp³-hybridized carbons (Fsp3) is 0.222. The van der Waals surface area contributed by atoms with Gasteiger partial charge < -0.3 is 10.1 Å². The van der Waals surface area contributed by atoms with Crippen LogP contribution in [0.25, 0.3) is 11.1 Å². The van der Waals surface area contributed by atoms with Gasteiger partial charge in [0.2, 0.25) is 5.69 Å². The molecule has 2 heterocycles. The molecule has 8 heteroatoms. The second-order valence-electron chi connectivity index (χ2n) is 5.44. The van der Waals surface area contributed by atoms with Crippen molar-refractivity contribution in [1.82, 2.24) is 9.61 Å². The summed E-state index contributed by atoms with van der Waals surface area (Å²) < 4.78 is 8.31. The molecule has 1 aromatic carbocycles. The molecule has 0 spiro atoms. The molecule has 3 aromatic rings. The van der Waals surface area contributed by atoms with Crippen LogP contribution in [0.1, 0.15) is 23.0 Å². The van der Waals surface area contributed by atoms with Gasteiger partial charge in [0.1, 0.15) is 5.36 Å². The highest BCUT2D eigenvalue weighted by atomic mass is 32.2. The summed E-state index contributed by atoms with van der Waals surface area (Å²) in [6.07, 6.45) is 3.32. The SMILES string of the molecule is CCOC(=O)c1c(SC)c(=C=[N-])c(=N)c2n1nc[n+]2Cc1ccccc1. The van der Waals surface area contributed by atoms with Gasteiger partial charge in [-0.05, 0) is 18.7 Å². The summed E-state index contributed by atoms with van der Waals surface area (Å²) in [5.41, 5.74) is 1.58. The molecule has 2 aromatic heterocycles. The Labute approximate surface area is 153 Å². The maximum absolute atomic E-state index is 12.5. The number of rotatable bonds is 5. The predicted octanol–water partition coefficient (Wildman–Crippen LogP) is 0.678. The number of ether oxygens (including phenoxy) is 1. The largest absolute Gasteiger partial charge is 0.763 e. The Hall–Kier alpha value is -2.96. The zero-order valence-electron chi connectivity index (χ0n) is 14.4. The zero-order valence-corrected chi connectivity index (χ0v) is 15.2. The van der Waals surface area contributed by atoms with E-state index in [2.05, 4.69) is 11.0 Å². The van der Waals surface area contributed by atoms with Gasteiger partial charge in [-0.1, -0.05) is 34.8 Å². The Morgan fingerprint density at radius 2 is 2.15 bits per heavy atom. The van der Waals surface area contributed by atoms with Crippen LogP contribution in [0.4, 0.5) is 0 Å². The van der Waals surface area contributed by atoms with Crippen molar-refractivity contribution in [2.75, 3.05) is 12.9 Å². The summed E-state index contributed by atoms with van der Waals surface area (Å²) in [5, 5.41) is 22.5. The van der Waals surface area contributed by atoms with E-state index in [-0.39, 0.29) is 22.9 Å². The Kier molecular flexibility index (Phi) is 5.16. The predicted molar refractivity (Wildman–Crippen MR) is 97.2 cm³/mol. The first-order valence-corrected chi connectivity index (χ1v) is 9.18. The first-order chi connectivity index (χ1) is 12.6. The minimum absolute atomic E-state index is 0.0401. The van der Waals surface area contributed by atoms with Gasteiger partial charge in [0.25, 0.3) is 12.0 Å². The molecule has 0 amide bonds. The maximum atomic E-state index is 12.5. The molecule has 0 aliphatic carbocycles. The van der Waals surface area contributed by atoms with E-state index in [0.717, 1.165) is 5.56 Å². The van der Waals surface area contributed by atoms with Gasteiger partial charge in [0, 0.05) is 10.3 Å². The van der Waals surface area contributed by atoms with Crippen LogP contribution in [0.5, 0.6) is 0 Å². The van der Waals surface area contributed by atoms with E-state index in [9.17, 15) is 10.2 Å². The molecule has 0 saturated heterocycles. The van der Waals surface area contributed by atoms with Crippen molar-refractivity contribution in [1.29, 1.82) is 5.41 Å². The molecule has 1 N–H and O–H groups in total. The lowest BCUT2D eigenvalue weighted by atomic mass is 10.2. The molecular formula is C18H17N5O2S. The van der Waals surface area contributed by atoms with Crippen LogP contribution in [-0.2, 0) is 11.3 Å². The Bertz CT molecular complexity index is 1100. The number of thioether (sulfide) groups is 1. The molecule has 0 fully saturated rings. The first-order valence-electron chi connectivity index (χ1n) is 7.96. The van der Waals surface area contributed by atoms with Gasteiger partial charge in [-0.3, -0.25) is 11.3 Å². The van der Waals surface area contributed by atoms with Crippen molar-refractivity contribution in [3.8, 4) is 0 Å². The lowest BCUT2D eigenvalue weighted by molar-refractivity contribution is -0.664. The normalized spacial score (nSPS) is 10.7. The first kappa shape index (κ1) is 17.8. The van der Waals surface area contributed by atoms with E-state index in [1.54, 1.807) is 24.1 Å². The summed E-state index contributed by atoms with van der Waals surface area (Å²) in [6, 6.07) is 9.72. The highest BCUT2D eigenvalue weighted by molar-refractivity contribution is 7.98. The Morgan fingerprint density at radius 1 is 1.42 bits per heavy atom. The number of nitrogens with zero attached hydrogens (tertiary/aromatic N) is 4. The molecule has 0 bridgehead atoms. The van der Waals surface area contributed by atoms with Crippen LogP contribution < -0.4 is 15.1 Å². The van der Waals surface area contributed by atoms with Crippen LogP contribution in [0.3, 0.4) is 0 Å². The van der Waals surface area contributed by atoms with E-state index in [0.29, 0.717) is 17.1 Å². The second-order valence-corrected chi connectivity index (χ2v) is 6.26. The van der Waals surface area contributed by atoms with Crippen LogP contribution in [0, 0.1) is 5.41 Å². The summed E-state index contributed by atoms with van der Waals surface area (Å²) in [7, 11) is 0. The Balaban J connectivity index is 2.33. The third-order valence-corrected chi connectivity index (χ3v) is 4.69. The number of esters is 1. The molecule has 3 rings (SSSR count). The number of carbonyl (C=O) groups is 1. The minimum Gasteiger partial charge on any atom is -0.763 e. The van der Waals surface area contributed by atoms with Gasteiger partial charge in [-0.25, -0.2) is 9.36 Å². The number of pyridine rings is 1. The topological polar surface area (TPSA) is 93.6 Å². The fourth-order valence-electron chi connectivity index (χ4n) is 2.78. The fourth-order valence-corrected chi connectivity index (χ4v) is 3.49. The van der Waals surface area contributed by atoms with E-state index in [1.165, 1.54) is 16.3 Å². The number of aromatic nitrogens is 3. The average molecular weight is 367 g/mol. The molecule has 0 radical (unpaired) electrons. The third kappa shape index (κ3) is 3.00. The minimum atomic E-state index is -0.562. The van der Waals surface area contributed by atoms with Crippen LogP contribution >= 0.6 is 11.8 Å². The lowest BCUT2D eigenvalue weighted by Gasteiger charge is -2.06. The van der Waals surface area contributed by atoms with Crippen molar-refractivity contribution >= 4 is 29.2 Å². The van der Waals surface area contributed by atoms with Crippen molar-refractivity contribution in [3.63, 3.8) is 0 Å². The van der Waals surface area contributed by atoms with Crippen molar-refractivity contribution in [3.05, 3.63) is 63.9 Å². The molecule has 0 unspecified atom stereocenters. The smallest absolute Gasteiger partial charge is 0.375 e. The summed E-state index contributed by atoms with van der Waals surface area (Å²) in [6.45, 7) is 2.41. The summed E-state index contributed by atoms with van der Waals surface area (Å²) >= 11 is 1.23. The van der Waals surface area contributed by atoms with Gasteiger partial charge in [0.15, 0.2) is 0 Å². The highest BCUT2D eigenvalue weighted by Crippen LogP contribution is 2.16. The summed E-state index contributed by atoms with van der Waals surface area (Å²) in [5.74, 6) is 1.49. The number of carbonyl (C=O) groups excluding carboxylic acids is 1. The Morgan fingerprint density at radius 3 is 2.77 bits per heavy atom. The van der Waals surface area contributed by atoms with Crippen LogP contribution in [-0.4, -0.2) is 34.3 Å². The lowest BCUT2D eigenvalue weighted by Crippen LogP contribution is -2.43. The zero-order chi connectivity index (χ0) is 18.7. The van der Waals surface area contributed by atoms with E-state index >= 15 is 0 Å². The molecule has 0 atom stereocenters. The van der Waals surface area contributed by atoms with Crippen LogP contribution in [0.2, 0.25) is 0 Å². The highest BCUT2D eigenvalue weighted by Gasteiger charge is 2.28. The van der Waals surface area contributed by atoms with E-state index in [4.69, 9.17) is 10.1 Å². The number of benzene rings is 1. The van der Waals surface area contributed by atoms with Crippen molar-refractivity contribution in [2.24, 2.45) is 0 Å². The van der Waals surface area contributed by atoms with E-state index in [1.807, 2.05) is 30.3 Å². The number of fused-ring (bicyclic) bond motifs is 1. The molecule has 0 saturated carbocycles. The average Bonchev–Trinajstić information content (AvgIpc) is 3.06. The maximum Gasteiger partial charge on any atom is 0.375 e. The standard InChI is InChI=1S/C18H17N5O2S/c1-3-25-18(24)15-16(26-2)13(9-19)14(20)17-22(11-21-23(15)17)10-12-7-5-4-6-8-12/h4-8,11,20H,3,10H2,1-2H3.